The number of benzene rings is 1. The monoisotopic (exact) mass is 271 g/mol. The maximum atomic E-state index is 11.7. The average Bonchev–Trinajstić information content (AvgIpc) is 2.50. The summed E-state index contributed by atoms with van der Waals surface area (Å²) in [4.78, 5) is 12.9. The average molecular weight is 272 g/mol. The number of carbonyl (C=O) groups excluding carboxylic acids is 1. The topological polar surface area (TPSA) is 40.5 Å². The third-order valence-corrected chi connectivity index (χ3v) is 3.50. The molecule has 3 nitrogen and oxygen atoms in total. The van der Waals surface area contributed by atoms with Crippen LogP contribution in [0.5, 0.6) is 0 Å². The van der Waals surface area contributed by atoms with Crippen LogP contribution in [-0.2, 0) is 11.3 Å². The molecule has 5 heteroatoms. The Morgan fingerprint density at radius 1 is 1.29 bits per heavy atom. The van der Waals surface area contributed by atoms with Crippen molar-refractivity contribution >= 4 is 29.1 Å². The number of hydrogen-bond acceptors (Lipinski definition) is 2. The number of halogens is 2. The van der Waals surface area contributed by atoms with Crippen molar-refractivity contribution in [1.82, 2.24) is 4.90 Å². The molecule has 90 valence electrons. The lowest BCUT2D eigenvalue weighted by Gasteiger charge is -2.21. The smallest absolute Gasteiger partial charge is 0.269 e. The molecule has 1 atom stereocenters. The van der Waals surface area contributed by atoms with Gasteiger partial charge in [-0.15, -0.1) is 0 Å². The summed E-state index contributed by atoms with van der Waals surface area (Å²) in [6.07, 6.45) is -1.14. The fourth-order valence-electron chi connectivity index (χ4n) is 1.64. The second-order valence-electron chi connectivity index (χ2n) is 3.95. The van der Waals surface area contributed by atoms with Crippen molar-refractivity contribution in [3.63, 3.8) is 0 Å². The highest BCUT2D eigenvalue weighted by Crippen LogP contribution is 2.30. The van der Waals surface area contributed by atoms with Gasteiger partial charge < -0.3 is 10.0 Å². The SMILES string of the molecule is Cc1ccc(CN2C(=O)C(Cl)=C(Cl)C2O)cc1. The van der Waals surface area contributed by atoms with Gasteiger partial charge in [-0.3, -0.25) is 4.79 Å². The lowest BCUT2D eigenvalue weighted by atomic mass is 10.1. The zero-order valence-electron chi connectivity index (χ0n) is 9.15. The summed E-state index contributed by atoms with van der Waals surface area (Å²) in [5.74, 6) is -0.440. The molecule has 0 saturated carbocycles. The molecule has 1 aromatic carbocycles. The van der Waals surface area contributed by atoms with Gasteiger partial charge in [0.05, 0.1) is 5.03 Å². The molecule has 1 amide bonds. The molecule has 0 aromatic heterocycles. The van der Waals surface area contributed by atoms with Crippen LogP contribution in [0.2, 0.25) is 0 Å². The number of amides is 1. The lowest BCUT2D eigenvalue weighted by molar-refractivity contribution is -0.132. The molecule has 0 aliphatic carbocycles. The third-order valence-electron chi connectivity index (χ3n) is 2.65. The largest absolute Gasteiger partial charge is 0.368 e. The fourth-order valence-corrected chi connectivity index (χ4v) is 2.04. The minimum atomic E-state index is -1.14. The molecule has 0 spiro atoms. The predicted molar refractivity (Wildman–Crippen MR) is 66.5 cm³/mol. The molecule has 1 aliphatic rings. The molecule has 0 radical (unpaired) electrons. The van der Waals surface area contributed by atoms with Crippen molar-refractivity contribution in [2.75, 3.05) is 0 Å². The van der Waals surface area contributed by atoms with Crippen LogP contribution in [0.1, 0.15) is 11.1 Å². The van der Waals surface area contributed by atoms with E-state index in [0.717, 1.165) is 11.1 Å². The number of nitrogens with zero attached hydrogens (tertiary/aromatic N) is 1. The minimum Gasteiger partial charge on any atom is -0.368 e. The van der Waals surface area contributed by atoms with Gasteiger partial charge in [0.2, 0.25) is 0 Å². The van der Waals surface area contributed by atoms with Crippen LogP contribution in [0.15, 0.2) is 34.3 Å². The van der Waals surface area contributed by atoms with E-state index in [1.54, 1.807) is 0 Å². The first kappa shape index (κ1) is 12.4. The number of rotatable bonds is 2. The van der Waals surface area contributed by atoms with E-state index in [1.807, 2.05) is 31.2 Å². The van der Waals surface area contributed by atoms with Gasteiger partial charge in [0, 0.05) is 6.54 Å². The molecule has 1 N–H and O–H groups in total. The van der Waals surface area contributed by atoms with Crippen molar-refractivity contribution in [1.29, 1.82) is 0 Å². The Bertz CT molecular complexity index is 482. The molecule has 17 heavy (non-hydrogen) atoms. The van der Waals surface area contributed by atoms with Crippen LogP contribution in [0.4, 0.5) is 0 Å². The highest BCUT2D eigenvalue weighted by molar-refractivity contribution is 6.49. The van der Waals surface area contributed by atoms with Crippen LogP contribution in [0.3, 0.4) is 0 Å². The Balaban J connectivity index is 2.16. The van der Waals surface area contributed by atoms with Gasteiger partial charge >= 0.3 is 0 Å². The van der Waals surface area contributed by atoms with Crippen molar-refractivity contribution in [2.45, 2.75) is 19.7 Å². The van der Waals surface area contributed by atoms with Gasteiger partial charge in [0.1, 0.15) is 5.03 Å². The Hall–Kier alpha value is -1.03. The summed E-state index contributed by atoms with van der Waals surface area (Å²) in [6, 6.07) is 7.68. The lowest BCUT2D eigenvalue weighted by Crippen LogP contribution is -2.34. The number of hydrogen-bond donors (Lipinski definition) is 1. The maximum absolute atomic E-state index is 11.7. The molecule has 2 rings (SSSR count). The molecule has 1 aliphatic heterocycles. The zero-order chi connectivity index (χ0) is 12.6. The number of aryl methyl sites for hydroxylation is 1. The van der Waals surface area contributed by atoms with E-state index < -0.39 is 12.1 Å². The normalized spacial score (nSPS) is 20.4. The Morgan fingerprint density at radius 3 is 2.35 bits per heavy atom. The summed E-state index contributed by atoms with van der Waals surface area (Å²) in [7, 11) is 0. The van der Waals surface area contributed by atoms with Crippen molar-refractivity contribution in [3.8, 4) is 0 Å². The van der Waals surface area contributed by atoms with E-state index in [4.69, 9.17) is 23.2 Å². The molecule has 0 bridgehead atoms. The quantitative estimate of drug-likeness (QED) is 0.897. The molecule has 1 unspecified atom stereocenters. The highest BCUT2D eigenvalue weighted by Gasteiger charge is 2.36. The Morgan fingerprint density at radius 2 is 1.88 bits per heavy atom. The summed E-state index contributed by atoms with van der Waals surface area (Å²) in [6.45, 7) is 2.27. The van der Waals surface area contributed by atoms with Crippen molar-refractivity contribution in [2.24, 2.45) is 0 Å². The second kappa shape index (κ2) is 4.69. The molecule has 1 heterocycles. The van der Waals surface area contributed by atoms with E-state index in [0.29, 0.717) is 0 Å². The first-order chi connectivity index (χ1) is 8.00. The van der Waals surface area contributed by atoms with Crippen molar-refractivity contribution < 1.29 is 9.90 Å². The van der Waals surface area contributed by atoms with Crippen LogP contribution in [-0.4, -0.2) is 22.1 Å². The van der Waals surface area contributed by atoms with E-state index in [1.165, 1.54) is 4.90 Å². The van der Waals surface area contributed by atoms with Gasteiger partial charge in [-0.1, -0.05) is 53.0 Å². The van der Waals surface area contributed by atoms with Crippen molar-refractivity contribution in [3.05, 3.63) is 45.5 Å². The van der Waals surface area contributed by atoms with Gasteiger partial charge in [0.25, 0.3) is 5.91 Å². The van der Waals surface area contributed by atoms with Crippen LogP contribution >= 0.6 is 23.2 Å². The first-order valence-corrected chi connectivity index (χ1v) is 5.86. The van der Waals surface area contributed by atoms with Gasteiger partial charge in [0.15, 0.2) is 6.23 Å². The molecular weight excluding hydrogens is 261 g/mol. The third kappa shape index (κ3) is 2.32. The summed E-state index contributed by atoms with van der Waals surface area (Å²) in [5.41, 5.74) is 2.05. The van der Waals surface area contributed by atoms with Crippen LogP contribution in [0, 0.1) is 6.92 Å². The Kier molecular flexibility index (Phi) is 3.43. The van der Waals surface area contributed by atoms with E-state index >= 15 is 0 Å². The van der Waals surface area contributed by atoms with E-state index in [2.05, 4.69) is 0 Å². The summed E-state index contributed by atoms with van der Waals surface area (Å²) in [5, 5.41) is 9.63. The number of aliphatic hydroxyl groups excluding tert-OH is 1. The van der Waals surface area contributed by atoms with Crippen LogP contribution in [0.25, 0.3) is 0 Å². The van der Waals surface area contributed by atoms with E-state index in [9.17, 15) is 9.90 Å². The molecule has 0 saturated heterocycles. The minimum absolute atomic E-state index is 0.0104. The summed E-state index contributed by atoms with van der Waals surface area (Å²) < 4.78 is 0. The Labute approximate surface area is 109 Å². The number of aliphatic hydroxyl groups is 1. The van der Waals surface area contributed by atoms with Gasteiger partial charge in [-0.2, -0.15) is 0 Å². The molecular formula is C12H11Cl2NO2. The van der Waals surface area contributed by atoms with E-state index in [-0.39, 0.29) is 16.6 Å². The first-order valence-electron chi connectivity index (χ1n) is 5.10. The van der Waals surface area contributed by atoms with Gasteiger partial charge in [-0.05, 0) is 12.5 Å². The molecule has 0 fully saturated rings. The van der Waals surface area contributed by atoms with Gasteiger partial charge in [-0.25, -0.2) is 0 Å². The predicted octanol–water partition coefficient (Wildman–Crippen LogP) is 2.34. The fraction of sp³-hybridized carbons (Fsp3) is 0.250. The number of carbonyl (C=O) groups is 1. The summed E-state index contributed by atoms with van der Waals surface area (Å²) >= 11 is 11.4. The molecule has 1 aromatic rings. The second-order valence-corrected chi connectivity index (χ2v) is 4.74. The highest BCUT2D eigenvalue weighted by atomic mass is 35.5. The zero-order valence-corrected chi connectivity index (χ0v) is 10.7. The van der Waals surface area contributed by atoms with Crippen LogP contribution < -0.4 is 0 Å². The maximum Gasteiger partial charge on any atom is 0.269 e. The standard InChI is InChI=1S/C12H11Cl2NO2/c1-7-2-4-8(5-3-7)6-15-11(16)9(13)10(14)12(15)17/h2-5,11,16H,6H2,1H3.